The summed E-state index contributed by atoms with van der Waals surface area (Å²) >= 11 is 0. The molecule has 7 heteroatoms. The molecule has 0 bridgehead atoms. The molecule has 0 N–H and O–H groups in total. The Hall–Kier alpha value is -2.90. The van der Waals surface area contributed by atoms with E-state index in [1.807, 2.05) is 16.7 Å². The smallest absolute Gasteiger partial charge is 0.337 e. The molecule has 3 heterocycles. The normalized spacial score (nSPS) is 18.4. The summed E-state index contributed by atoms with van der Waals surface area (Å²) in [6.45, 7) is 6.03. The molecule has 2 aromatic carbocycles. The molecule has 2 aliphatic rings. The average Bonchev–Trinajstić information content (AvgIpc) is 3.27. The zero-order valence-corrected chi connectivity index (χ0v) is 17.9. The average molecular weight is 421 g/mol. The van der Waals surface area contributed by atoms with Crippen LogP contribution in [0.4, 0.5) is 5.69 Å². The van der Waals surface area contributed by atoms with Crippen molar-refractivity contribution >= 4 is 22.7 Å². The molecule has 0 atom stereocenters. The molecule has 3 aromatic rings. The SMILES string of the molecule is COC(=O)c1ccc2ncn(-c3ccc(N4CCC(N5CCOCC5)CC4)cc3)c2c1. The van der Waals surface area contributed by atoms with Crippen molar-refractivity contribution in [2.45, 2.75) is 18.9 Å². The van der Waals surface area contributed by atoms with E-state index >= 15 is 0 Å². The van der Waals surface area contributed by atoms with Crippen LogP contribution in [0.25, 0.3) is 16.7 Å². The van der Waals surface area contributed by atoms with Gasteiger partial charge in [-0.05, 0) is 55.3 Å². The van der Waals surface area contributed by atoms with Gasteiger partial charge < -0.3 is 14.4 Å². The van der Waals surface area contributed by atoms with Crippen LogP contribution in [-0.2, 0) is 9.47 Å². The third-order valence-corrected chi connectivity index (χ3v) is 6.49. The van der Waals surface area contributed by atoms with Crippen molar-refractivity contribution in [2.75, 3.05) is 51.4 Å². The number of nitrogens with zero attached hydrogens (tertiary/aromatic N) is 4. The quantitative estimate of drug-likeness (QED) is 0.605. The Morgan fingerprint density at radius 3 is 2.42 bits per heavy atom. The maximum absolute atomic E-state index is 11.9. The van der Waals surface area contributed by atoms with E-state index < -0.39 is 0 Å². The van der Waals surface area contributed by atoms with Crippen LogP contribution in [0.5, 0.6) is 0 Å². The molecule has 0 unspecified atom stereocenters. The summed E-state index contributed by atoms with van der Waals surface area (Å²) in [6.07, 6.45) is 4.20. The number of imidazole rings is 1. The van der Waals surface area contributed by atoms with Gasteiger partial charge in [-0.1, -0.05) is 0 Å². The van der Waals surface area contributed by atoms with Gasteiger partial charge in [-0.3, -0.25) is 9.47 Å². The number of hydrogen-bond acceptors (Lipinski definition) is 6. The fourth-order valence-electron chi connectivity index (χ4n) is 4.71. The number of benzene rings is 2. The molecular formula is C24H28N4O3. The number of fused-ring (bicyclic) bond motifs is 1. The number of methoxy groups -OCH3 is 1. The number of hydrogen-bond donors (Lipinski definition) is 0. The summed E-state index contributed by atoms with van der Waals surface area (Å²) in [7, 11) is 1.40. The third kappa shape index (κ3) is 4.03. The molecular weight excluding hydrogens is 392 g/mol. The summed E-state index contributed by atoms with van der Waals surface area (Å²) in [4.78, 5) is 21.4. The standard InChI is InChI=1S/C24H28N4O3/c1-30-24(29)18-2-7-22-23(16-18)28(17-25-22)21-5-3-19(4-6-21)26-10-8-20(9-11-26)27-12-14-31-15-13-27/h2-7,16-17,20H,8-15H2,1H3. The maximum atomic E-state index is 11.9. The van der Waals surface area contributed by atoms with E-state index in [4.69, 9.17) is 9.47 Å². The Labute approximate surface area is 182 Å². The largest absolute Gasteiger partial charge is 0.465 e. The number of carbonyl (C=O) groups is 1. The molecule has 2 aliphatic heterocycles. The van der Waals surface area contributed by atoms with Crippen molar-refractivity contribution in [1.82, 2.24) is 14.5 Å². The Morgan fingerprint density at radius 2 is 1.71 bits per heavy atom. The van der Waals surface area contributed by atoms with Gasteiger partial charge in [0.15, 0.2) is 0 Å². The highest BCUT2D eigenvalue weighted by Gasteiger charge is 2.25. The predicted molar refractivity (Wildman–Crippen MR) is 120 cm³/mol. The second-order valence-corrected chi connectivity index (χ2v) is 8.19. The number of ether oxygens (including phenoxy) is 2. The van der Waals surface area contributed by atoms with Crippen LogP contribution in [0.3, 0.4) is 0 Å². The fraction of sp³-hybridized carbons (Fsp3) is 0.417. The first-order valence-corrected chi connectivity index (χ1v) is 11.0. The lowest BCUT2D eigenvalue weighted by molar-refractivity contribution is 0.0115. The Morgan fingerprint density at radius 1 is 1.00 bits per heavy atom. The van der Waals surface area contributed by atoms with Crippen molar-refractivity contribution in [3.63, 3.8) is 0 Å². The van der Waals surface area contributed by atoms with Crippen molar-refractivity contribution in [3.05, 3.63) is 54.4 Å². The topological polar surface area (TPSA) is 59.8 Å². The number of esters is 1. The summed E-state index contributed by atoms with van der Waals surface area (Å²) in [5.74, 6) is -0.342. The fourth-order valence-corrected chi connectivity index (χ4v) is 4.71. The summed E-state index contributed by atoms with van der Waals surface area (Å²) in [5.41, 5.74) is 4.54. The molecule has 0 radical (unpaired) electrons. The highest BCUT2D eigenvalue weighted by Crippen LogP contribution is 2.26. The van der Waals surface area contributed by atoms with E-state index in [9.17, 15) is 4.79 Å². The molecule has 1 aromatic heterocycles. The monoisotopic (exact) mass is 420 g/mol. The molecule has 0 spiro atoms. The highest BCUT2D eigenvalue weighted by atomic mass is 16.5. The number of morpholine rings is 1. The minimum atomic E-state index is -0.342. The van der Waals surface area contributed by atoms with Crippen LogP contribution in [0.2, 0.25) is 0 Å². The molecule has 31 heavy (non-hydrogen) atoms. The second kappa shape index (κ2) is 8.69. The van der Waals surface area contributed by atoms with Gasteiger partial charge in [0.2, 0.25) is 0 Å². The molecule has 162 valence electrons. The van der Waals surface area contributed by atoms with Gasteiger partial charge in [-0.2, -0.15) is 0 Å². The minimum absolute atomic E-state index is 0.342. The molecule has 0 amide bonds. The lowest BCUT2D eigenvalue weighted by Gasteiger charge is -2.40. The number of anilines is 1. The molecule has 0 aliphatic carbocycles. The van der Waals surface area contributed by atoms with Crippen LogP contribution in [-0.4, -0.2) is 73.0 Å². The van der Waals surface area contributed by atoms with Crippen LogP contribution in [0.15, 0.2) is 48.8 Å². The van der Waals surface area contributed by atoms with E-state index in [2.05, 4.69) is 39.0 Å². The lowest BCUT2D eigenvalue weighted by Crippen LogP contribution is -2.49. The third-order valence-electron chi connectivity index (χ3n) is 6.49. The van der Waals surface area contributed by atoms with Crippen molar-refractivity contribution in [2.24, 2.45) is 0 Å². The van der Waals surface area contributed by atoms with Gasteiger partial charge in [0.25, 0.3) is 0 Å². The summed E-state index contributed by atoms with van der Waals surface area (Å²) < 4.78 is 12.4. The van der Waals surface area contributed by atoms with Crippen LogP contribution in [0.1, 0.15) is 23.2 Å². The summed E-state index contributed by atoms with van der Waals surface area (Å²) in [6, 6.07) is 14.7. The number of rotatable bonds is 4. The molecule has 5 rings (SSSR count). The van der Waals surface area contributed by atoms with E-state index in [1.165, 1.54) is 25.6 Å². The van der Waals surface area contributed by atoms with Gasteiger partial charge in [0.05, 0.1) is 36.9 Å². The molecule has 7 nitrogen and oxygen atoms in total. The summed E-state index contributed by atoms with van der Waals surface area (Å²) in [5, 5.41) is 0. The maximum Gasteiger partial charge on any atom is 0.337 e. The van der Waals surface area contributed by atoms with Crippen LogP contribution < -0.4 is 4.90 Å². The molecule has 2 fully saturated rings. The molecule has 2 saturated heterocycles. The number of piperidine rings is 1. The Kier molecular flexibility index (Phi) is 5.61. The zero-order valence-electron chi connectivity index (χ0n) is 17.9. The zero-order chi connectivity index (χ0) is 21.2. The van der Waals surface area contributed by atoms with Gasteiger partial charge in [0.1, 0.15) is 6.33 Å². The first-order valence-electron chi connectivity index (χ1n) is 11.0. The van der Waals surface area contributed by atoms with Crippen molar-refractivity contribution < 1.29 is 14.3 Å². The van der Waals surface area contributed by atoms with Gasteiger partial charge in [-0.15, -0.1) is 0 Å². The van der Waals surface area contributed by atoms with Crippen molar-refractivity contribution in [3.8, 4) is 5.69 Å². The molecule has 0 saturated carbocycles. The van der Waals surface area contributed by atoms with E-state index in [0.29, 0.717) is 11.6 Å². The first kappa shape index (κ1) is 20.0. The van der Waals surface area contributed by atoms with E-state index in [0.717, 1.165) is 56.1 Å². The minimum Gasteiger partial charge on any atom is -0.465 e. The number of carbonyl (C=O) groups excluding carboxylic acids is 1. The number of aromatic nitrogens is 2. The Balaban J connectivity index is 1.30. The lowest BCUT2D eigenvalue weighted by atomic mass is 10.0. The first-order chi connectivity index (χ1) is 15.2. The van der Waals surface area contributed by atoms with Crippen LogP contribution >= 0.6 is 0 Å². The van der Waals surface area contributed by atoms with Crippen molar-refractivity contribution in [1.29, 1.82) is 0 Å². The van der Waals surface area contributed by atoms with Gasteiger partial charge >= 0.3 is 5.97 Å². The van der Waals surface area contributed by atoms with E-state index in [-0.39, 0.29) is 5.97 Å². The van der Waals surface area contributed by atoms with Crippen LogP contribution in [0, 0.1) is 0 Å². The predicted octanol–water partition coefficient (Wildman–Crippen LogP) is 3.11. The van der Waals surface area contributed by atoms with Gasteiger partial charge in [-0.25, -0.2) is 9.78 Å². The van der Waals surface area contributed by atoms with E-state index in [1.54, 1.807) is 12.4 Å². The van der Waals surface area contributed by atoms with Gasteiger partial charge in [0, 0.05) is 43.6 Å². The second-order valence-electron chi connectivity index (χ2n) is 8.19. The highest BCUT2D eigenvalue weighted by molar-refractivity contribution is 5.94. The Bertz CT molecular complexity index is 1050.